The molecule has 27 heavy (non-hydrogen) atoms. The molecule has 1 aliphatic rings. The molecule has 1 saturated heterocycles. The maximum Gasteiger partial charge on any atom is 0.323 e. The van der Waals surface area contributed by atoms with Gasteiger partial charge in [0.25, 0.3) is 0 Å². The van der Waals surface area contributed by atoms with Crippen LogP contribution in [0.15, 0.2) is 45.8 Å². The number of imidazole rings is 1. The fourth-order valence-corrected chi connectivity index (χ4v) is 3.45. The quantitative estimate of drug-likeness (QED) is 0.635. The summed E-state index contributed by atoms with van der Waals surface area (Å²) >= 11 is 0. The number of amides is 1. The van der Waals surface area contributed by atoms with Gasteiger partial charge in [0.05, 0.1) is 29.9 Å². The Hall–Kier alpha value is -2.84. The summed E-state index contributed by atoms with van der Waals surface area (Å²) in [4.78, 5) is 33.9. The Labute approximate surface area is 156 Å². The van der Waals surface area contributed by atoms with E-state index in [1.165, 1.54) is 0 Å². The first kappa shape index (κ1) is 17.6. The van der Waals surface area contributed by atoms with Crippen molar-refractivity contribution in [1.29, 1.82) is 0 Å². The molecule has 142 valence electrons. The van der Waals surface area contributed by atoms with Crippen LogP contribution >= 0.6 is 0 Å². The first-order chi connectivity index (χ1) is 13.1. The molecular formula is C19H23N5O3. The van der Waals surface area contributed by atoms with E-state index in [-0.39, 0.29) is 17.6 Å². The van der Waals surface area contributed by atoms with Crippen molar-refractivity contribution in [3.63, 3.8) is 0 Å². The first-order valence-electron chi connectivity index (χ1n) is 9.10. The second-order valence-electron chi connectivity index (χ2n) is 6.90. The van der Waals surface area contributed by atoms with E-state index in [4.69, 9.17) is 4.42 Å². The zero-order valence-corrected chi connectivity index (χ0v) is 15.2. The van der Waals surface area contributed by atoms with Gasteiger partial charge in [0.2, 0.25) is 5.91 Å². The van der Waals surface area contributed by atoms with Crippen LogP contribution in [-0.4, -0.2) is 57.9 Å². The predicted octanol–water partition coefficient (Wildman–Crippen LogP) is 1.59. The molecule has 0 bridgehead atoms. The zero-order chi connectivity index (χ0) is 18.8. The lowest BCUT2D eigenvalue weighted by Crippen LogP contribution is -2.52. The molecule has 1 atom stereocenters. The Bertz CT molecular complexity index is 967. The molecule has 3 aromatic rings. The summed E-state index contributed by atoms with van der Waals surface area (Å²) in [6, 6.07) is 8.99. The lowest BCUT2D eigenvalue weighted by molar-refractivity contribution is -0.121. The van der Waals surface area contributed by atoms with Crippen LogP contribution < -0.4 is 11.0 Å². The Morgan fingerprint density at radius 1 is 1.19 bits per heavy atom. The van der Waals surface area contributed by atoms with Crippen molar-refractivity contribution in [3.8, 4) is 0 Å². The zero-order valence-electron chi connectivity index (χ0n) is 15.2. The van der Waals surface area contributed by atoms with Crippen LogP contribution in [0.1, 0.15) is 12.7 Å². The number of aromatic amines is 2. The Balaban J connectivity index is 1.32. The minimum absolute atomic E-state index is 0.0493. The highest BCUT2D eigenvalue weighted by atomic mass is 16.3. The van der Waals surface area contributed by atoms with Gasteiger partial charge in [-0.1, -0.05) is 0 Å². The molecule has 8 heteroatoms. The first-order valence-corrected chi connectivity index (χ1v) is 9.10. The number of nitrogens with one attached hydrogen (secondary N) is 3. The van der Waals surface area contributed by atoms with Crippen LogP contribution in [0.25, 0.3) is 11.0 Å². The van der Waals surface area contributed by atoms with Gasteiger partial charge in [-0.25, -0.2) is 4.79 Å². The summed E-state index contributed by atoms with van der Waals surface area (Å²) in [6.45, 7) is 6.19. The fourth-order valence-electron chi connectivity index (χ4n) is 3.45. The van der Waals surface area contributed by atoms with Gasteiger partial charge >= 0.3 is 5.69 Å². The topological polar surface area (TPSA) is 97.4 Å². The number of benzene rings is 1. The fraction of sp³-hybridized carbons (Fsp3) is 0.368. The molecule has 0 unspecified atom stereocenters. The molecule has 1 aliphatic heterocycles. The molecular weight excluding hydrogens is 346 g/mol. The molecule has 2 aromatic heterocycles. The van der Waals surface area contributed by atoms with E-state index in [0.717, 1.165) is 44.0 Å². The van der Waals surface area contributed by atoms with Gasteiger partial charge in [0.15, 0.2) is 0 Å². The molecule has 0 spiro atoms. The third kappa shape index (κ3) is 3.96. The lowest BCUT2D eigenvalue weighted by Gasteiger charge is -2.37. The van der Waals surface area contributed by atoms with E-state index in [0.29, 0.717) is 11.2 Å². The average Bonchev–Trinajstić information content (AvgIpc) is 3.30. The summed E-state index contributed by atoms with van der Waals surface area (Å²) < 4.78 is 5.40. The molecule has 0 aliphatic carbocycles. The van der Waals surface area contributed by atoms with E-state index >= 15 is 0 Å². The highest BCUT2D eigenvalue weighted by molar-refractivity contribution is 5.96. The van der Waals surface area contributed by atoms with E-state index in [1.807, 2.05) is 19.1 Å². The average molecular weight is 369 g/mol. The molecule has 0 radical (unpaired) electrons. The van der Waals surface area contributed by atoms with Gasteiger partial charge in [0, 0.05) is 31.9 Å². The Morgan fingerprint density at radius 3 is 2.70 bits per heavy atom. The van der Waals surface area contributed by atoms with Gasteiger partial charge in [-0.3, -0.25) is 14.6 Å². The maximum atomic E-state index is 12.6. The number of hydrogen-bond donors (Lipinski definition) is 3. The third-order valence-electron chi connectivity index (χ3n) is 5.08. The summed E-state index contributed by atoms with van der Waals surface area (Å²) in [7, 11) is 0. The molecule has 8 nitrogen and oxygen atoms in total. The van der Waals surface area contributed by atoms with Crippen LogP contribution in [0.5, 0.6) is 0 Å². The number of carbonyl (C=O) groups excluding carboxylic acids is 1. The van der Waals surface area contributed by atoms with Gasteiger partial charge in [-0.2, -0.15) is 0 Å². The number of carbonyl (C=O) groups is 1. The van der Waals surface area contributed by atoms with Crippen LogP contribution in [0.3, 0.4) is 0 Å². The smallest absolute Gasteiger partial charge is 0.323 e. The van der Waals surface area contributed by atoms with Gasteiger partial charge < -0.3 is 19.7 Å². The monoisotopic (exact) mass is 369 g/mol. The highest BCUT2D eigenvalue weighted by Crippen LogP contribution is 2.16. The summed E-state index contributed by atoms with van der Waals surface area (Å²) in [5, 5.41) is 2.94. The van der Waals surface area contributed by atoms with E-state index in [1.54, 1.807) is 24.5 Å². The number of aromatic nitrogens is 2. The standard InChI is InChI=1S/C19H23N5O3/c1-13(24-8-6-23(7-9-24)12-15-3-2-10-27-15)18(25)20-14-4-5-16-17(11-14)22-19(26)21-16/h2-5,10-11,13H,6-9,12H2,1H3,(H,20,25)(H2,21,22,26)/t13-/m0/s1. The molecule has 1 fully saturated rings. The summed E-state index contributed by atoms with van der Waals surface area (Å²) in [5.41, 5.74) is 1.82. The maximum absolute atomic E-state index is 12.6. The largest absolute Gasteiger partial charge is 0.468 e. The molecule has 0 saturated carbocycles. The number of piperazine rings is 1. The molecule has 4 rings (SSSR count). The van der Waals surface area contributed by atoms with Crippen molar-refractivity contribution in [2.24, 2.45) is 0 Å². The Morgan fingerprint density at radius 2 is 1.96 bits per heavy atom. The highest BCUT2D eigenvalue weighted by Gasteiger charge is 2.26. The molecule has 1 amide bonds. The summed E-state index contributed by atoms with van der Waals surface area (Å²) in [5.74, 6) is 0.916. The van der Waals surface area contributed by atoms with Gasteiger partial charge in [-0.05, 0) is 37.3 Å². The van der Waals surface area contributed by atoms with Gasteiger partial charge in [-0.15, -0.1) is 0 Å². The number of fused-ring (bicyclic) bond motifs is 1. The van der Waals surface area contributed by atoms with Crippen molar-refractivity contribution < 1.29 is 9.21 Å². The number of furan rings is 1. The predicted molar refractivity (Wildman–Crippen MR) is 103 cm³/mol. The van der Waals surface area contributed by atoms with Crippen molar-refractivity contribution in [2.45, 2.75) is 19.5 Å². The summed E-state index contributed by atoms with van der Waals surface area (Å²) in [6.07, 6.45) is 1.69. The lowest BCUT2D eigenvalue weighted by atomic mass is 10.2. The molecule has 3 heterocycles. The minimum Gasteiger partial charge on any atom is -0.468 e. The number of H-pyrrole nitrogens is 2. The Kier molecular flexibility index (Phi) is 4.83. The number of anilines is 1. The van der Waals surface area contributed by atoms with Crippen LogP contribution in [0.4, 0.5) is 5.69 Å². The SMILES string of the molecule is C[C@@H](C(=O)Nc1ccc2[nH]c(=O)[nH]c2c1)N1CCN(Cc2ccco2)CC1. The van der Waals surface area contributed by atoms with Crippen LogP contribution in [0.2, 0.25) is 0 Å². The van der Waals surface area contributed by atoms with Crippen LogP contribution in [-0.2, 0) is 11.3 Å². The van der Waals surface area contributed by atoms with E-state index in [2.05, 4.69) is 25.1 Å². The van der Waals surface area contributed by atoms with Crippen molar-refractivity contribution in [2.75, 3.05) is 31.5 Å². The second-order valence-corrected chi connectivity index (χ2v) is 6.90. The van der Waals surface area contributed by atoms with Crippen molar-refractivity contribution >= 4 is 22.6 Å². The normalized spacial score (nSPS) is 17.2. The minimum atomic E-state index is -0.255. The van der Waals surface area contributed by atoms with Gasteiger partial charge in [0.1, 0.15) is 5.76 Å². The molecule has 3 N–H and O–H groups in total. The van der Waals surface area contributed by atoms with Crippen molar-refractivity contribution in [1.82, 2.24) is 19.8 Å². The van der Waals surface area contributed by atoms with Crippen molar-refractivity contribution in [3.05, 3.63) is 52.8 Å². The number of nitrogens with zero attached hydrogens (tertiary/aromatic N) is 2. The number of hydrogen-bond acceptors (Lipinski definition) is 5. The molecule has 1 aromatic carbocycles. The second kappa shape index (κ2) is 7.42. The van der Waals surface area contributed by atoms with E-state index in [9.17, 15) is 9.59 Å². The number of rotatable bonds is 5. The third-order valence-corrected chi connectivity index (χ3v) is 5.08. The van der Waals surface area contributed by atoms with E-state index < -0.39 is 0 Å². The van der Waals surface area contributed by atoms with Crippen LogP contribution in [0, 0.1) is 0 Å².